The Morgan fingerprint density at radius 2 is 2.09 bits per heavy atom. The van der Waals surface area contributed by atoms with Gasteiger partial charge in [-0.2, -0.15) is 5.10 Å². The number of halogens is 1. The minimum absolute atomic E-state index is 0.218. The van der Waals surface area contributed by atoms with E-state index in [-0.39, 0.29) is 5.91 Å². The van der Waals surface area contributed by atoms with Crippen LogP contribution in [0.5, 0.6) is 0 Å². The minimum atomic E-state index is -0.218. The van der Waals surface area contributed by atoms with E-state index < -0.39 is 0 Å². The number of rotatable bonds is 4. The fourth-order valence-electron chi connectivity index (χ4n) is 2.81. The Morgan fingerprint density at radius 1 is 1.35 bits per heavy atom. The molecular weight excluding hydrogens is 314 g/mol. The summed E-state index contributed by atoms with van der Waals surface area (Å²) in [5.41, 5.74) is 2.01. The minimum Gasteiger partial charge on any atom is -0.357 e. The molecule has 1 aliphatic heterocycles. The van der Waals surface area contributed by atoms with Crippen LogP contribution in [0.1, 0.15) is 34.5 Å². The number of hydrogen-bond donors (Lipinski definition) is 1. The SMILES string of the molecule is Cc1nn(C)c(Cl)c1C(=O)NCc1ccc(N2CCCC2)nc1. The molecule has 1 amide bonds. The molecule has 0 unspecified atom stereocenters. The molecule has 1 saturated heterocycles. The van der Waals surface area contributed by atoms with Crippen LogP contribution in [0.2, 0.25) is 5.15 Å². The summed E-state index contributed by atoms with van der Waals surface area (Å²) in [4.78, 5) is 19.0. The van der Waals surface area contributed by atoms with Crippen LogP contribution in [0.3, 0.4) is 0 Å². The van der Waals surface area contributed by atoms with Gasteiger partial charge in [0.05, 0.1) is 11.3 Å². The fraction of sp³-hybridized carbons (Fsp3) is 0.438. The number of amides is 1. The smallest absolute Gasteiger partial charge is 0.256 e. The van der Waals surface area contributed by atoms with E-state index in [0.29, 0.717) is 23.0 Å². The molecule has 2 aromatic heterocycles. The van der Waals surface area contributed by atoms with Gasteiger partial charge < -0.3 is 10.2 Å². The van der Waals surface area contributed by atoms with Crippen LogP contribution in [0.4, 0.5) is 5.82 Å². The van der Waals surface area contributed by atoms with Gasteiger partial charge >= 0.3 is 0 Å². The average Bonchev–Trinajstić information content (AvgIpc) is 3.15. The zero-order chi connectivity index (χ0) is 16.4. The second-order valence-electron chi connectivity index (χ2n) is 5.78. The predicted molar refractivity (Wildman–Crippen MR) is 89.8 cm³/mol. The third-order valence-corrected chi connectivity index (χ3v) is 4.51. The van der Waals surface area contributed by atoms with Crippen LogP contribution in [-0.4, -0.2) is 33.8 Å². The summed E-state index contributed by atoms with van der Waals surface area (Å²) in [7, 11) is 1.72. The Morgan fingerprint density at radius 3 is 2.65 bits per heavy atom. The Bertz CT molecular complexity index is 704. The van der Waals surface area contributed by atoms with E-state index in [1.54, 1.807) is 14.0 Å². The zero-order valence-corrected chi connectivity index (χ0v) is 14.1. The summed E-state index contributed by atoms with van der Waals surface area (Å²) in [5.74, 6) is 0.785. The quantitative estimate of drug-likeness (QED) is 0.932. The Hall–Kier alpha value is -2.08. The van der Waals surface area contributed by atoms with Crippen molar-refractivity contribution in [2.45, 2.75) is 26.3 Å². The monoisotopic (exact) mass is 333 g/mol. The second-order valence-corrected chi connectivity index (χ2v) is 6.13. The summed E-state index contributed by atoms with van der Waals surface area (Å²) in [6, 6.07) is 4.01. The number of hydrogen-bond acceptors (Lipinski definition) is 4. The third kappa shape index (κ3) is 3.32. The maximum Gasteiger partial charge on any atom is 0.256 e. The topological polar surface area (TPSA) is 63.1 Å². The highest BCUT2D eigenvalue weighted by Gasteiger charge is 2.18. The van der Waals surface area contributed by atoms with Crippen molar-refractivity contribution < 1.29 is 4.79 Å². The van der Waals surface area contributed by atoms with Crippen molar-refractivity contribution in [3.05, 3.63) is 40.3 Å². The van der Waals surface area contributed by atoms with Gasteiger partial charge in [-0.05, 0) is 31.4 Å². The number of aryl methyl sites for hydroxylation is 2. The first-order chi connectivity index (χ1) is 11.1. The molecule has 0 spiro atoms. The molecule has 3 heterocycles. The summed E-state index contributed by atoms with van der Waals surface area (Å²) < 4.78 is 1.50. The van der Waals surface area contributed by atoms with Crippen molar-refractivity contribution in [3.63, 3.8) is 0 Å². The molecule has 1 fully saturated rings. The highest BCUT2D eigenvalue weighted by atomic mass is 35.5. The van der Waals surface area contributed by atoms with Crippen LogP contribution in [0, 0.1) is 6.92 Å². The van der Waals surface area contributed by atoms with Gasteiger partial charge in [0.1, 0.15) is 11.0 Å². The van der Waals surface area contributed by atoms with Crippen LogP contribution < -0.4 is 10.2 Å². The summed E-state index contributed by atoms with van der Waals surface area (Å²) in [6.07, 6.45) is 4.26. The number of anilines is 1. The number of carbonyl (C=O) groups is 1. The standard InChI is InChI=1S/C16H20ClN5O/c1-11-14(15(17)21(2)20-11)16(23)19-10-12-5-6-13(18-9-12)22-7-3-4-8-22/h5-6,9H,3-4,7-8,10H2,1-2H3,(H,19,23). The molecule has 6 nitrogen and oxygen atoms in total. The molecule has 0 atom stereocenters. The second kappa shape index (κ2) is 6.58. The molecule has 0 radical (unpaired) electrons. The zero-order valence-electron chi connectivity index (χ0n) is 13.3. The van der Waals surface area contributed by atoms with Crippen LogP contribution >= 0.6 is 11.6 Å². The van der Waals surface area contributed by atoms with E-state index in [9.17, 15) is 4.79 Å². The number of aromatic nitrogens is 3. The summed E-state index contributed by atoms with van der Waals surface area (Å²) in [5, 5.41) is 7.37. The Balaban J connectivity index is 1.62. The van der Waals surface area contributed by atoms with Crippen molar-refractivity contribution >= 4 is 23.3 Å². The first-order valence-electron chi connectivity index (χ1n) is 7.73. The molecule has 0 saturated carbocycles. The lowest BCUT2D eigenvalue weighted by molar-refractivity contribution is 0.0950. The average molecular weight is 334 g/mol. The molecule has 0 aromatic carbocycles. The number of nitrogens with zero attached hydrogens (tertiary/aromatic N) is 4. The molecule has 0 bridgehead atoms. The van der Waals surface area contributed by atoms with Gasteiger partial charge in [-0.1, -0.05) is 17.7 Å². The molecule has 2 aromatic rings. The lowest BCUT2D eigenvalue weighted by Gasteiger charge is -2.16. The molecule has 122 valence electrons. The summed E-state index contributed by atoms with van der Waals surface area (Å²) >= 11 is 6.11. The highest BCUT2D eigenvalue weighted by Crippen LogP contribution is 2.19. The van der Waals surface area contributed by atoms with Crippen molar-refractivity contribution in [2.75, 3.05) is 18.0 Å². The molecule has 1 N–H and O–H groups in total. The highest BCUT2D eigenvalue weighted by molar-refractivity contribution is 6.33. The molecule has 23 heavy (non-hydrogen) atoms. The van der Waals surface area contributed by atoms with Crippen LogP contribution in [0.15, 0.2) is 18.3 Å². The van der Waals surface area contributed by atoms with Crippen LogP contribution in [-0.2, 0) is 13.6 Å². The van der Waals surface area contributed by atoms with E-state index in [1.807, 2.05) is 18.3 Å². The van der Waals surface area contributed by atoms with E-state index in [2.05, 4.69) is 20.3 Å². The molecule has 0 aliphatic carbocycles. The first-order valence-corrected chi connectivity index (χ1v) is 8.11. The molecule has 3 rings (SSSR count). The van der Waals surface area contributed by atoms with Gasteiger partial charge in [0.2, 0.25) is 0 Å². The molecule has 7 heteroatoms. The predicted octanol–water partition coefficient (Wildman–Crippen LogP) is 2.31. The van der Waals surface area contributed by atoms with Gasteiger partial charge in [-0.25, -0.2) is 4.98 Å². The lowest BCUT2D eigenvalue weighted by atomic mass is 10.2. The van der Waals surface area contributed by atoms with Gasteiger partial charge in [0.15, 0.2) is 0 Å². The summed E-state index contributed by atoms with van der Waals surface area (Å²) in [6.45, 7) is 4.33. The van der Waals surface area contributed by atoms with Gasteiger partial charge in [0, 0.05) is 32.9 Å². The largest absolute Gasteiger partial charge is 0.357 e. The van der Waals surface area contributed by atoms with E-state index in [4.69, 9.17) is 11.6 Å². The number of pyridine rings is 1. The van der Waals surface area contributed by atoms with Gasteiger partial charge in [0.25, 0.3) is 5.91 Å². The van der Waals surface area contributed by atoms with Crippen molar-refractivity contribution in [2.24, 2.45) is 7.05 Å². The fourth-order valence-corrected chi connectivity index (χ4v) is 3.07. The van der Waals surface area contributed by atoms with Crippen molar-refractivity contribution in [3.8, 4) is 0 Å². The Kier molecular flexibility index (Phi) is 4.52. The van der Waals surface area contributed by atoms with Gasteiger partial charge in [-0.15, -0.1) is 0 Å². The maximum atomic E-state index is 12.3. The first kappa shape index (κ1) is 15.8. The van der Waals surface area contributed by atoms with Crippen molar-refractivity contribution in [1.82, 2.24) is 20.1 Å². The molecular formula is C16H20ClN5O. The van der Waals surface area contributed by atoms with Gasteiger partial charge in [-0.3, -0.25) is 9.48 Å². The van der Waals surface area contributed by atoms with E-state index >= 15 is 0 Å². The maximum absolute atomic E-state index is 12.3. The number of carbonyl (C=O) groups excluding carboxylic acids is 1. The van der Waals surface area contributed by atoms with Crippen LogP contribution in [0.25, 0.3) is 0 Å². The molecule has 1 aliphatic rings. The van der Waals surface area contributed by atoms with E-state index in [0.717, 1.165) is 24.5 Å². The normalized spacial score (nSPS) is 14.3. The van der Waals surface area contributed by atoms with Crippen molar-refractivity contribution in [1.29, 1.82) is 0 Å². The Labute approximate surface area is 140 Å². The number of nitrogens with one attached hydrogen (secondary N) is 1. The lowest BCUT2D eigenvalue weighted by Crippen LogP contribution is -2.24. The van der Waals surface area contributed by atoms with E-state index in [1.165, 1.54) is 17.5 Å². The third-order valence-electron chi connectivity index (χ3n) is 4.07.